The van der Waals surface area contributed by atoms with Gasteiger partial charge in [0.15, 0.2) is 0 Å². The highest BCUT2D eigenvalue weighted by atomic mass is 16.5. The molecule has 132 valence electrons. The fourth-order valence-electron chi connectivity index (χ4n) is 2.28. The van der Waals surface area contributed by atoms with Crippen LogP contribution in [0, 0.1) is 0 Å². The highest BCUT2D eigenvalue weighted by molar-refractivity contribution is 5.44. The first kappa shape index (κ1) is 19.7. The van der Waals surface area contributed by atoms with Crippen molar-refractivity contribution < 1.29 is 24.6 Å². The summed E-state index contributed by atoms with van der Waals surface area (Å²) in [5.41, 5.74) is 1.02. The number of rotatable bonds is 10. The fourth-order valence-corrected chi connectivity index (χ4v) is 2.28. The van der Waals surface area contributed by atoms with Crippen LogP contribution >= 0.6 is 0 Å². The Morgan fingerprint density at radius 3 is 2.57 bits per heavy atom. The number of ether oxygens (including phenoxy) is 3. The van der Waals surface area contributed by atoms with Crippen LogP contribution in [-0.2, 0) is 10.2 Å². The van der Waals surface area contributed by atoms with E-state index in [1.165, 1.54) is 0 Å². The van der Waals surface area contributed by atoms with Gasteiger partial charge in [-0.05, 0) is 23.6 Å². The van der Waals surface area contributed by atoms with Gasteiger partial charge in [0.2, 0.25) is 0 Å². The van der Waals surface area contributed by atoms with Crippen molar-refractivity contribution >= 4 is 0 Å². The lowest BCUT2D eigenvalue weighted by Crippen LogP contribution is -2.86. The molecule has 0 bridgehead atoms. The highest BCUT2D eigenvalue weighted by Crippen LogP contribution is 2.34. The van der Waals surface area contributed by atoms with Gasteiger partial charge in [-0.3, -0.25) is 0 Å². The quantitative estimate of drug-likeness (QED) is 0.637. The molecule has 0 aromatic heterocycles. The van der Waals surface area contributed by atoms with Crippen LogP contribution in [-0.4, -0.2) is 51.7 Å². The van der Waals surface area contributed by atoms with Crippen LogP contribution < -0.4 is 14.8 Å². The number of quaternary nitrogens is 1. The van der Waals surface area contributed by atoms with Crippen molar-refractivity contribution in [3.63, 3.8) is 0 Å². The predicted octanol–water partition coefficient (Wildman–Crippen LogP) is 1.33. The highest BCUT2D eigenvalue weighted by Gasteiger charge is 2.20. The van der Waals surface area contributed by atoms with E-state index in [4.69, 9.17) is 14.2 Å². The van der Waals surface area contributed by atoms with Gasteiger partial charge in [0.25, 0.3) is 0 Å². The summed E-state index contributed by atoms with van der Waals surface area (Å²) in [6, 6.07) is 5.79. The molecule has 0 aliphatic carbocycles. The van der Waals surface area contributed by atoms with Crippen LogP contribution in [0.5, 0.6) is 11.5 Å². The zero-order valence-electron chi connectivity index (χ0n) is 15.1. The number of hydrogen-bond donors (Lipinski definition) is 2. The molecule has 0 radical (unpaired) electrons. The third-order valence-electron chi connectivity index (χ3n) is 3.62. The first-order valence-electron chi connectivity index (χ1n) is 8.18. The van der Waals surface area contributed by atoms with E-state index >= 15 is 0 Å². The summed E-state index contributed by atoms with van der Waals surface area (Å²) in [4.78, 5) is 0. The lowest BCUT2D eigenvalue weighted by atomic mass is 9.86. The van der Waals surface area contributed by atoms with Crippen LogP contribution in [0.15, 0.2) is 18.2 Å². The van der Waals surface area contributed by atoms with Crippen molar-refractivity contribution in [1.29, 1.82) is 0 Å². The lowest BCUT2D eigenvalue weighted by molar-refractivity contribution is -0.661. The summed E-state index contributed by atoms with van der Waals surface area (Å²) < 4.78 is 16.1. The largest absolute Gasteiger partial charge is 0.497 e. The van der Waals surface area contributed by atoms with Crippen molar-refractivity contribution in [1.82, 2.24) is 0 Å². The Labute approximate surface area is 139 Å². The molecular formula is C18H32NO4+. The average molecular weight is 326 g/mol. The van der Waals surface area contributed by atoms with E-state index < -0.39 is 6.10 Å². The monoisotopic (exact) mass is 326 g/mol. The van der Waals surface area contributed by atoms with Crippen LogP contribution in [0.3, 0.4) is 0 Å². The Kier molecular flexibility index (Phi) is 8.37. The number of nitrogens with two attached hydrogens (primary N) is 1. The first-order chi connectivity index (χ1) is 10.9. The average Bonchev–Trinajstić information content (AvgIpc) is 2.51. The molecule has 1 aromatic carbocycles. The number of benzene rings is 1. The van der Waals surface area contributed by atoms with E-state index in [0.29, 0.717) is 6.54 Å². The molecule has 0 saturated heterocycles. The molecule has 23 heavy (non-hydrogen) atoms. The van der Waals surface area contributed by atoms with Gasteiger partial charge in [0.1, 0.15) is 30.8 Å². The van der Waals surface area contributed by atoms with E-state index in [9.17, 15) is 5.11 Å². The maximum atomic E-state index is 10.0. The van der Waals surface area contributed by atoms with Gasteiger partial charge >= 0.3 is 0 Å². The maximum absolute atomic E-state index is 10.0. The Bertz CT molecular complexity index is 457. The zero-order valence-corrected chi connectivity index (χ0v) is 15.1. The minimum Gasteiger partial charge on any atom is -0.497 e. The fraction of sp³-hybridized carbons (Fsp3) is 0.667. The molecule has 5 nitrogen and oxygen atoms in total. The molecule has 0 spiro atoms. The molecule has 5 heteroatoms. The van der Waals surface area contributed by atoms with Crippen LogP contribution in [0.4, 0.5) is 0 Å². The van der Waals surface area contributed by atoms with E-state index in [1.807, 2.05) is 18.2 Å². The predicted molar refractivity (Wildman–Crippen MR) is 91.3 cm³/mol. The number of methoxy groups -OCH3 is 2. The van der Waals surface area contributed by atoms with Crippen molar-refractivity contribution in [3.05, 3.63) is 23.8 Å². The minimum atomic E-state index is -0.493. The number of aliphatic hydroxyl groups is 1. The molecule has 1 aromatic rings. The molecule has 0 unspecified atom stereocenters. The number of hydrogen-bond acceptors (Lipinski definition) is 4. The summed E-state index contributed by atoms with van der Waals surface area (Å²) in [5.74, 6) is 1.62. The molecular weight excluding hydrogens is 294 g/mol. The molecule has 0 saturated carbocycles. The van der Waals surface area contributed by atoms with E-state index in [1.54, 1.807) is 14.2 Å². The SMILES string of the molecule is COCCC[NH2+]C[C@@H](O)COc1ccc(OC)cc1C(C)(C)C. The summed E-state index contributed by atoms with van der Waals surface area (Å²) in [6.07, 6.45) is 0.490. The Morgan fingerprint density at radius 1 is 1.22 bits per heavy atom. The maximum Gasteiger partial charge on any atom is 0.137 e. The van der Waals surface area contributed by atoms with Gasteiger partial charge in [0, 0.05) is 19.1 Å². The van der Waals surface area contributed by atoms with Crippen LogP contribution in [0.25, 0.3) is 0 Å². The topological polar surface area (TPSA) is 64.5 Å². The molecule has 3 N–H and O–H groups in total. The van der Waals surface area contributed by atoms with Gasteiger partial charge in [-0.15, -0.1) is 0 Å². The van der Waals surface area contributed by atoms with Gasteiger partial charge in [-0.25, -0.2) is 0 Å². The minimum absolute atomic E-state index is 0.0545. The van der Waals surface area contributed by atoms with Crippen LogP contribution in [0.2, 0.25) is 0 Å². The summed E-state index contributed by atoms with van der Waals surface area (Å²) in [6.45, 7) is 9.02. The van der Waals surface area contributed by atoms with Crippen molar-refractivity contribution in [3.8, 4) is 11.5 Å². The van der Waals surface area contributed by atoms with Gasteiger partial charge in [0.05, 0.1) is 20.3 Å². The number of aliphatic hydroxyl groups excluding tert-OH is 1. The molecule has 0 amide bonds. The Balaban J connectivity index is 2.53. The molecule has 0 fully saturated rings. The lowest BCUT2D eigenvalue weighted by Gasteiger charge is -2.24. The summed E-state index contributed by atoms with van der Waals surface area (Å²) in [7, 11) is 3.36. The molecule has 1 rings (SSSR count). The zero-order chi connectivity index (χ0) is 17.3. The van der Waals surface area contributed by atoms with E-state index in [2.05, 4.69) is 26.1 Å². The van der Waals surface area contributed by atoms with E-state index in [0.717, 1.165) is 36.6 Å². The smallest absolute Gasteiger partial charge is 0.137 e. The molecule has 0 heterocycles. The van der Waals surface area contributed by atoms with Crippen molar-refractivity contribution in [2.45, 2.75) is 38.7 Å². The van der Waals surface area contributed by atoms with Crippen molar-refractivity contribution in [2.75, 3.05) is 40.5 Å². The third kappa shape index (κ3) is 7.20. The Hall–Kier alpha value is -1.30. The summed E-state index contributed by atoms with van der Waals surface area (Å²) in [5, 5.41) is 12.1. The third-order valence-corrected chi connectivity index (χ3v) is 3.62. The molecule has 1 atom stereocenters. The second-order valence-electron chi connectivity index (χ2n) is 6.74. The van der Waals surface area contributed by atoms with Crippen molar-refractivity contribution in [2.24, 2.45) is 0 Å². The van der Waals surface area contributed by atoms with E-state index in [-0.39, 0.29) is 12.0 Å². The molecule has 0 aliphatic rings. The first-order valence-corrected chi connectivity index (χ1v) is 8.18. The molecule has 0 aliphatic heterocycles. The summed E-state index contributed by atoms with van der Waals surface area (Å²) >= 11 is 0. The standard InChI is InChI=1S/C18H31NO4/c1-18(2,3)16-11-15(22-5)7-8-17(16)23-13-14(20)12-19-9-6-10-21-4/h7-8,11,14,19-20H,6,9-10,12-13H2,1-5H3/p+1/t14-/m1/s1. The van der Waals surface area contributed by atoms with Crippen LogP contribution in [0.1, 0.15) is 32.8 Å². The second kappa shape index (κ2) is 9.75. The van der Waals surface area contributed by atoms with Gasteiger partial charge in [-0.2, -0.15) is 0 Å². The second-order valence-corrected chi connectivity index (χ2v) is 6.74. The van der Waals surface area contributed by atoms with Gasteiger partial charge < -0.3 is 24.6 Å². The normalized spacial score (nSPS) is 13.0. The van der Waals surface area contributed by atoms with Gasteiger partial charge in [-0.1, -0.05) is 20.8 Å². The Morgan fingerprint density at radius 2 is 1.96 bits per heavy atom.